The number of unbranched alkanes of at least 4 members (excludes halogenated alkanes) is 1. The zero-order chi connectivity index (χ0) is 29.6. The number of esters is 2. The highest BCUT2D eigenvalue weighted by atomic mass is 16.6. The van der Waals surface area contributed by atoms with Crippen LogP contribution in [0.4, 0.5) is 0 Å². The summed E-state index contributed by atoms with van der Waals surface area (Å²) in [5.41, 5.74) is 10.1. The lowest BCUT2D eigenvalue weighted by Gasteiger charge is -2.30. The first-order valence-electron chi connectivity index (χ1n) is 14.8. The van der Waals surface area contributed by atoms with Crippen LogP contribution in [0, 0.1) is 5.41 Å². The lowest BCUT2D eigenvalue weighted by Crippen LogP contribution is -2.44. The van der Waals surface area contributed by atoms with Gasteiger partial charge in [-0.1, -0.05) is 42.5 Å². The predicted molar refractivity (Wildman–Crippen MR) is 162 cm³/mol. The maximum Gasteiger partial charge on any atom is 0.337 e. The second-order valence-electron chi connectivity index (χ2n) is 12.1. The summed E-state index contributed by atoms with van der Waals surface area (Å²) in [6.07, 6.45) is 11.5. The van der Waals surface area contributed by atoms with Crippen molar-refractivity contribution in [1.29, 1.82) is 0 Å². The first-order valence-corrected chi connectivity index (χ1v) is 14.8. The van der Waals surface area contributed by atoms with Crippen molar-refractivity contribution in [1.82, 2.24) is 0 Å². The summed E-state index contributed by atoms with van der Waals surface area (Å²) in [6.45, 7) is 9.43. The van der Waals surface area contributed by atoms with Crippen LogP contribution in [0.15, 0.2) is 36.4 Å². The van der Waals surface area contributed by atoms with E-state index in [2.05, 4.69) is 42.5 Å². The Hall–Kier alpha value is -3.00. The largest absolute Gasteiger partial charge is 0.464 e. The van der Waals surface area contributed by atoms with E-state index in [9.17, 15) is 9.59 Å². The summed E-state index contributed by atoms with van der Waals surface area (Å²) in [4.78, 5) is 25.6. The molecule has 1 unspecified atom stereocenters. The van der Waals surface area contributed by atoms with Gasteiger partial charge in [-0.2, -0.15) is 0 Å². The molecule has 2 aliphatic carbocycles. The molecule has 0 aromatic heterocycles. The molecule has 0 saturated heterocycles. The highest BCUT2D eigenvalue weighted by molar-refractivity contribution is 6.03. The van der Waals surface area contributed by atoms with E-state index in [4.69, 9.17) is 24.7 Å². The van der Waals surface area contributed by atoms with Gasteiger partial charge >= 0.3 is 11.9 Å². The number of rotatable bonds is 15. The van der Waals surface area contributed by atoms with Gasteiger partial charge in [0, 0.05) is 13.2 Å². The van der Waals surface area contributed by atoms with Crippen LogP contribution in [0.25, 0.3) is 22.4 Å². The number of ether oxygens (including phenoxy) is 4. The number of benzene rings is 2. The van der Waals surface area contributed by atoms with Crippen molar-refractivity contribution in [2.75, 3.05) is 33.0 Å². The molecule has 0 bridgehead atoms. The van der Waals surface area contributed by atoms with Crippen LogP contribution in [-0.2, 0) is 41.4 Å². The molecule has 7 nitrogen and oxygen atoms in total. The molecule has 0 aliphatic heterocycles. The molecule has 41 heavy (non-hydrogen) atoms. The quantitative estimate of drug-likeness (QED) is 0.216. The van der Waals surface area contributed by atoms with Gasteiger partial charge < -0.3 is 24.7 Å². The minimum Gasteiger partial charge on any atom is -0.464 e. The summed E-state index contributed by atoms with van der Waals surface area (Å²) in [5.74, 6) is -1.04. The topological polar surface area (TPSA) is 97.1 Å². The van der Waals surface area contributed by atoms with Crippen LogP contribution in [-0.4, -0.2) is 56.6 Å². The second kappa shape index (κ2) is 13.3. The normalized spacial score (nSPS) is 15.5. The first kappa shape index (κ1) is 30.9. The molecule has 2 aromatic rings. The Labute approximate surface area is 244 Å². The zero-order valence-corrected chi connectivity index (χ0v) is 25.2. The van der Waals surface area contributed by atoms with Gasteiger partial charge in [-0.3, -0.25) is 4.79 Å². The first-order chi connectivity index (χ1) is 19.6. The molecule has 2 aliphatic rings. The summed E-state index contributed by atoms with van der Waals surface area (Å²) < 4.78 is 22.4. The standard InChI is InChI=1S/C34H45NO6/c1-23(2)39-21-34(5,32(37)38-20-18-35)22-40-31(36)33(3,4)41-19-7-6-9-24-12-13-27-15-14-25-10-8-11-26-16-17-28(24)30(27)29(25)26/h8,11-14,16-17,23H,6-7,9-10,15,18-22,35H2,1-5H3. The molecule has 0 heterocycles. The molecular formula is C34H45NO6. The van der Waals surface area contributed by atoms with Gasteiger partial charge in [-0.05, 0) is 105 Å². The Morgan fingerprint density at radius 3 is 2.51 bits per heavy atom. The summed E-state index contributed by atoms with van der Waals surface area (Å²) in [6, 6.07) is 9.06. The van der Waals surface area contributed by atoms with Crippen molar-refractivity contribution in [3.63, 3.8) is 0 Å². The fourth-order valence-corrected chi connectivity index (χ4v) is 5.34. The van der Waals surface area contributed by atoms with Gasteiger partial charge in [0.25, 0.3) is 0 Å². The van der Waals surface area contributed by atoms with Crippen molar-refractivity contribution in [2.45, 2.75) is 78.4 Å². The molecule has 0 amide bonds. The number of hydrogen-bond acceptors (Lipinski definition) is 7. The van der Waals surface area contributed by atoms with Crippen molar-refractivity contribution in [3.05, 3.63) is 58.7 Å². The Morgan fingerprint density at radius 1 is 0.951 bits per heavy atom. The number of allylic oxidation sites excluding steroid dienone is 3. The molecule has 1 atom stereocenters. The van der Waals surface area contributed by atoms with Gasteiger partial charge in [0.15, 0.2) is 5.60 Å². The smallest absolute Gasteiger partial charge is 0.337 e. The van der Waals surface area contributed by atoms with Crippen molar-refractivity contribution < 1.29 is 28.5 Å². The molecular weight excluding hydrogens is 518 g/mol. The van der Waals surface area contributed by atoms with E-state index in [1.54, 1.807) is 20.8 Å². The molecule has 222 valence electrons. The van der Waals surface area contributed by atoms with E-state index in [0.29, 0.717) is 6.61 Å². The van der Waals surface area contributed by atoms with E-state index in [1.807, 2.05) is 13.8 Å². The third-order valence-electron chi connectivity index (χ3n) is 7.81. The van der Waals surface area contributed by atoms with E-state index in [-0.39, 0.29) is 32.5 Å². The van der Waals surface area contributed by atoms with Crippen LogP contribution in [0.2, 0.25) is 0 Å². The molecule has 0 saturated carbocycles. The van der Waals surface area contributed by atoms with Gasteiger partial charge in [-0.25, -0.2) is 4.79 Å². The number of hydrogen-bond donors (Lipinski definition) is 1. The zero-order valence-electron chi connectivity index (χ0n) is 25.2. The Bertz CT molecular complexity index is 1320. The van der Waals surface area contributed by atoms with Gasteiger partial charge in [0.1, 0.15) is 18.6 Å². The SMILES string of the molecule is CC(C)OCC(C)(COC(=O)C(C)(C)OCCCCc1ccc2c3c4c(ccc13)C=CCC4=CC2)C(=O)OCCN. The van der Waals surface area contributed by atoms with Crippen molar-refractivity contribution >= 4 is 34.4 Å². The van der Waals surface area contributed by atoms with Crippen LogP contribution in [0.5, 0.6) is 0 Å². The molecule has 2 N–H and O–H groups in total. The molecule has 7 heteroatoms. The van der Waals surface area contributed by atoms with Crippen LogP contribution in [0.3, 0.4) is 0 Å². The Balaban J connectivity index is 1.29. The average Bonchev–Trinajstić information content (AvgIpc) is 2.96. The maximum atomic E-state index is 12.9. The van der Waals surface area contributed by atoms with Crippen molar-refractivity contribution in [2.24, 2.45) is 11.1 Å². The highest BCUT2D eigenvalue weighted by Crippen LogP contribution is 2.41. The number of carbonyl (C=O) groups excluding carboxylic acids is 2. The minimum atomic E-state index is -1.15. The Morgan fingerprint density at radius 2 is 1.76 bits per heavy atom. The van der Waals surface area contributed by atoms with E-state index < -0.39 is 23.0 Å². The number of carbonyl (C=O) groups is 2. The number of aryl methyl sites for hydroxylation is 1. The predicted octanol–water partition coefficient (Wildman–Crippen LogP) is 5.79. The lowest BCUT2D eigenvalue weighted by molar-refractivity contribution is -0.179. The molecule has 4 rings (SSSR count). The van der Waals surface area contributed by atoms with Gasteiger partial charge in [0.05, 0.1) is 12.7 Å². The lowest BCUT2D eigenvalue weighted by atomic mass is 9.80. The molecule has 0 fully saturated rings. The monoisotopic (exact) mass is 563 g/mol. The summed E-state index contributed by atoms with van der Waals surface area (Å²) >= 11 is 0. The van der Waals surface area contributed by atoms with E-state index >= 15 is 0 Å². The summed E-state index contributed by atoms with van der Waals surface area (Å²) in [7, 11) is 0. The maximum absolute atomic E-state index is 12.9. The average molecular weight is 564 g/mol. The third kappa shape index (κ3) is 7.26. The fraction of sp³-hybridized carbons (Fsp3) is 0.529. The minimum absolute atomic E-state index is 0.0649. The van der Waals surface area contributed by atoms with E-state index in [0.717, 1.165) is 32.1 Å². The summed E-state index contributed by atoms with van der Waals surface area (Å²) in [5, 5.41) is 2.76. The fourth-order valence-electron chi connectivity index (χ4n) is 5.34. The van der Waals surface area contributed by atoms with Gasteiger partial charge in [-0.15, -0.1) is 0 Å². The van der Waals surface area contributed by atoms with Crippen LogP contribution >= 0.6 is 0 Å². The van der Waals surface area contributed by atoms with Crippen LogP contribution in [0.1, 0.15) is 76.1 Å². The third-order valence-corrected chi connectivity index (χ3v) is 7.81. The van der Waals surface area contributed by atoms with Crippen LogP contribution < -0.4 is 5.73 Å². The molecule has 0 radical (unpaired) electrons. The van der Waals surface area contributed by atoms with Crippen molar-refractivity contribution in [3.8, 4) is 0 Å². The molecule has 0 spiro atoms. The Kier molecular flexibility index (Phi) is 10.1. The number of nitrogens with two attached hydrogens (primary N) is 1. The molecule has 2 aromatic carbocycles. The second-order valence-corrected chi connectivity index (χ2v) is 12.1. The van der Waals surface area contributed by atoms with Gasteiger partial charge in [0.2, 0.25) is 0 Å². The van der Waals surface area contributed by atoms with E-state index in [1.165, 1.54) is 38.6 Å². The highest BCUT2D eigenvalue weighted by Gasteiger charge is 2.40.